The zero-order valence-electron chi connectivity index (χ0n) is 15.7. The van der Waals surface area contributed by atoms with Gasteiger partial charge in [-0.3, -0.25) is 19.3 Å². The van der Waals surface area contributed by atoms with Gasteiger partial charge >= 0.3 is 12.0 Å². The lowest BCUT2D eigenvalue weighted by atomic mass is 9.76. The Labute approximate surface area is 162 Å². The summed E-state index contributed by atoms with van der Waals surface area (Å²) in [5, 5.41) is 5.27. The van der Waals surface area contributed by atoms with Crippen molar-refractivity contribution in [1.82, 2.24) is 15.5 Å². The van der Waals surface area contributed by atoms with E-state index >= 15 is 0 Å². The fourth-order valence-corrected chi connectivity index (χ4v) is 3.62. The van der Waals surface area contributed by atoms with Gasteiger partial charge in [-0.25, -0.2) is 4.79 Å². The van der Waals surface area contributed by atoms with Crippen LogP contribution in [0.25, 0.3) is 0 Å². The van der Waals surface area contributed by atoms with E-state index in [1.165, 1.54) is 7.11 Å². The first kappa shape index (κ1) is 19.8. The normalized spacial score (nSPS) is 20.7. The molecule has 2 N–H and O–H groups in total. The summed E-state index contributed by atoms with van der Waals surface area (Å²) in [7, 11) is 1.50. The number of ether oxygens (including phenoxy) is 2. The Bertz CT molecular complexity index is 796. The first-order valence-electron chi connectivity index (χ1n) is 9.11. The molecule has 1 saturated heterocycles. The number of fused-ring (bicyclic) bond motifs is 2. The maximum Gasteiger partial charge on any atom is 0.326 e. The Morgan fingerprint density at radius 2 is 2.07 bits per heavy atom. The van der Waals surface area contributed by atoms with E-state index in [0.717, 1.165) is 28.9 Å². The minimum Gasteiger partial charge on any atom is -0.454 e. The number of nitrogens with zero attached hydrogens (tertiary/aromatic N) is 1. The molecule has 9 heteroatoms. The van der Waals surface area contributed by atoms with E-state index in [-0.39, 0.29) is 0 Å². The number of methoxy groups -OCH3 is 1. The van der Waals surface area contributed by atoms with Gasteiger partial charge in [0, 0.05) is 13.7 Å². The Hall–Kier alpha value is -2.94. The summed E-state index contributed by atoms with van der Waals surface area (Å²) in [4.78, 5) is 49.9. The first-order chi connectivity index (χ1) is 13.5. The SMILES string of the molecule is COCCNC(=O)COC(=O)CN1C(=O)N[C@]2(CCCc3ccccc32)C1=O. The van der Waals surface area contributed by atoms with Crippen LogP contribution in [0.5, 0.6) is 0 Å². The van der Waals surface area contributed by atoms with Crippen LogP contribution in [0.4, 0.5) is 4.79 Å². The molecule has 1 spiro atoms. The highest BCUT2D eigenvalue weighted by atomic mass is 16.5. The van der Waals surface area contributed by atoms with Crippen molar-refractivity contribution in [2.75, 3.05) is 33.4 Å². The standard InChI is InChI=1S/C19H23N3O6/c1-27-10-9-20-15(23)12-28-16(24)11-22-17(25)19(21-18(22)26)8-4-6-13-5-2-3-7-14(13)19/h2-3,5,7H,4,6,8-12H2,1H3,(H,20,23)(H,21,26)/t19-/m0/s1. The fraction of sp³-hybridized carbons (Fsp3) is 0.474. The van der Waals surface area contributed by atoms with Gasteiger partial charge in [0.1, 0.15) is 12.1 Å². The van der Waals surface area contributed by atoms with Gasteiger partial charge in [0.25, 0.3) is 11.8 Å². The molecule has 1 aliphatic heterocycles. The van der Waals surface area contributed by atoms with Crippen LogP contribution in [0.2, 0.25) is 0 Å². The Kier molecular flexibility index (Phi) is 5.93. The Morgan fingerprint density at radius 3 is 2.86 bits per heavy atom. The second kappa shape index (κ2) is 8.39. The Balaban J connectivity index is 1.62. The van der Waals surface area contributed by atoms with Crippen molar-refractivity contribution >= 4 is 23.8 Å². The minimum atomic E-state index is -1.14. The van der Waals surface area contributed by atoms with Crippen molar-refractivity contribution in [3.05, 3.63) is 35.4 Å². The highest BCUT2D eigenvalue weighted by molar-refractivity contribution is 6.09. The molecule has 1 aliphatic carbocycles. The van der Waals surface area contributed by atoms with Crippen molar-refractivity contribution in [2.45, 2.75) is 24.8 Å². The summed E-state index contributed by atoms with van der Waals surface area (Å²) < 4.78 is 9.67. The van der Waals surface area contributed by atoms with Gasteiger partial charge in [-0.1, -0.05) is 24.3 Å². The number of nitrogens with one attached hydrogen (secondary N) is 2. The summed E-state index contributed by atoms with van der Waals surface area (Å²) in [6, 6.07) is 6.85. The molecule has 1 heterocycles. The van der Waals surface area contributed by atoms with E-state index in [9.17, 15) is 19.2 Å². The van der Waals surface area contributed by atoms with Crippen molar-refractivity contribution < 1.29 is 28.7 Å². The third-order valence-corrected chi connectivity index (χ3v) is 4.93. The zero-order chi connectivity index (χ0) is 20.1. The molecule has 9 nitrogen and oxygen atoms in total. The number of esters is 1. The molecule has 1 aromatic carbocycles. The summed E-state index contributed by atoms with van der Waals surface area (Å²) in [5.74, 6) is -1.78. The highest BCUT2D eigenvalue weighted by Crippen LogP contribution is 2.39. The third kappa shape index (κ3) is 3.84. The first-order valence-corrected chi connectivity index (χ1v) is 9.11. The lowest BCUT2D eigenvalue weighted by Crippen LogP contribution is -2.46. The molecule has 1 atom stereocenters. The molecule has 0 radical (unpaired) electrons. The number of aryl methyl sites for hydroxylation is 1. The summed E-state index contributed by atoms with van der Waals surface area (Å²) in [5.41, 5.74) is 0.650. The number of imide groups is 1. The van der Waals surface area contributed by atoms with Gasteiger partial charge < -0.3 is 20.1 Å². The molecule has 0 unspecified atom stereocenters. The third-order valence-electron chi connectivity index (χ3n) is 4.93. The zero-order valence-corrected chi connectivity index (χ0v) is 15.7. The van der Waals surface area contributed by atoms with E-state index in [1.54, 1.807) is 0 Å². The van der Waals surface area contributed by atoms with Crippen LogP contribution in [0.1, 0.15) is 24.0 Å². The Morgan fingerprint density at radius 1 is 1.29 bits per heavy atom. The molecule has 3 rings (SSSR count). The van der Waals surface area contributed by atoms with Crippen molar-refractivity contribution in [3.8, 4) is 0 Å². The molecule has 28 heavy (non-hydrogen) atoms. The smallest absolute Gasteiger partial charge is 0.326 e. The molecule has 4 amide bonds. The van der Waals surface area contributed by atoms with Crippen molar-refractivity contribution in [3.63, 3.8) is 0 Å². The van der Waals surface area contributed by atoms with E-state index in [0.29, 0.717) is 19.6 Å². The number of hydrogen-bond donors (Lipinski definition) is 2. The van der Waals surface area contributed by atoms with E-state index < -0.39 is 42.5 Å². The average molecular weight is 389 g/mol. The van der Waals surface area contributed by atoms with E-state index in [2.05, 4.69) is 10.6 Å². The number of carbonyl (C=O) groups excluding carboxylic acids is 4. The van der Waals surface area contributed by atoms with Crippen molar-refractivity contribution in [2.24, 2.45) is 0 Å². The highest BCUT2D eigenvalue weighted by Gasteiger charge is 2.54. The molecule has 2 aliphatic rings. The monoisotopic (exact) mass is 389 g/mol. The second-order valence-corrected chi connectivity index (χ2v) is 6.74. The number of urea groups is 1. The molecular formula is C19H23N3O6. The number of carbonyl (C=O) groups is 4. The quantitative estimate of drug-likeness (QED) is 0.388. The fourth-order valence-electron chi connectivity index (χ4n) is 3.62. The molecule has 150 valence electrons. The molecular weight excluding hydrogens is 366 g/mol. The van der Waals surface area contributed by atoms with Gasteiger partial charge in [-0.2, -0.15) is 0 Å². The maximum absolute atomic E-state index is 13.0. The second-order valence-electron chi connectivity index (χ2n) is 6.74. The van der Waals surface area contributed by atoms with Gasteiger partial charge in [0.05, 0.1) is 6.61 Å². The van der Waals surface area contributed by atoms with Gasteiger partial charge in [-0.15, -0.1) is 0 Å². The molecule has 1 aromatic rings. The summed E-state index contributed by atoms with van der Waals surface area (Å²) in [6.07, 6.45) is 2.06. The van der Waals surface area contributed by atoms with Crippen LogP contribution in [-0.4, -0.2) is 62.1 Å². The van der Waals surface area contributed by atoms with E-state index in [4.69, 9.17) is 9.47 Å². The topological polar surface area (TPSA) is 114 Å². The number of rotatable bonds is 7. The van der Waals surface area contributed by atoms with Crippen LogP contribution in [0.15, 0.2) is 24.3 Å². The van der Waals surface area contributed by atoms with E-state index in [1.807, 2.05) is 24.3 Å². The number of amides is 4. The largest absolute Gasteiger partial charge is 0.454 e. The van der Waals surface area contributed by atoms with Gasteiger partial charge in [0.15, 0.2) is 6.61 Å². The average Bonchev–Trinajstić information content (AvgIpc) is 2.92. The molecule has 0 aromatic heterocycles. The number of hydrogen-bond acceptors (Lipinski definition) is 6. The minimum absolute atomic E-state index is 0.293. The lowest BCUT2D eigenvalue weighted by Gasteiger charge is -2.33. The van der Waals surface area contributed by atoms with Gasteiger partial charge in [0.2, 0.25) is 0 Å². The summed E-state index contributed by atoms with van der Waals surface area (Å²) in [6.45, 7) is -0.395. The van der Waals surface area contributed by atoms with Crippen LogP contribution in [0, 0.1) is 0 Å². The van der Waals surface area contributed by atoms with Crippen LogP contribution >= 0.6 is 0 Å². The number of benzene rings is 1. The molecule has 0 saturated carbocycles. The predicted octanol–water partition coefficient (Wildman–Crippen LogP) is 0.0758. The van der Waals surface area contributed by atoms with Crippen LogP contribution < -0.4 is 10.6 Å². The lowest BCUT2D eigenvalue weighted by molar-refractivity contribution is -0.151. The van der Waals surface area contributed by atoms with Gasteiger partial charge in [-0.05, 0) is 30.4 Å². The van der Waals surface area contributed by atoms with Crippen LogP contribution in [0.3, 0.4) is 0 Å². The van der Waals surface area contributed by atoms with Crippen LogP contribution in [-0.2, 0) is 35.8 Å². The maximum atomic E-state index is 13.0. The molecule has 0 bridgehead atoms. The van der Waals surface area contributed by atoms with Crippen molar-refractivity contribution in [1.29, 1.82) is 0 Å². The predicted molar refractivity (Wildman–Crippen MR) is 97.1 cm³/mol. The summed E-state index contributed by atoms with van der Waals surface area (Å²) >= 11 is 0. The molecule has 1 fully saturated rings.